The van der Waals surface area contributed by atoms with Gasteiger partial charge in [0.15, 0.2) is 6.10 Å². The minimum Gasteiger partial charge on any atom is -0.480 e. The molecule has 4 N–H and O–H groups in total. The van der Waals surface area contributed by atoms with Crippen LogP contribution in [0.3, 0.4) is 0 Å². The summed E-state index contributed by atoms with van der Waals surface area (Å²) in [5, 5.41) is 8.87. The Labute approximate surface area is 329 Å². The largest absolute Gasteiger partial charge is 0.480 e. The van der Waals surface area contributed by atoms with Gasteiger partial charge in [0.2, 0.25) is 0 Å². The Morgan fingerprint density at radius 3 is 1.17 bits per heavy atom. The molecule has 0 spiro atoms. The van der Waals surface area contributed by atoms with Gasteiger partial charge in [-0.2, -0.15) is 0 Å². The van der Waals surface area contributed by atoms with E-state index in [-0.39, 0.29) is 19.4 Å². The second kappa shape index (κ2) is 38.4. The first-order valence-electron chi connectivity index (χ1n) is 22.1. The molecular weight excluding hydrogens is 709 g/mol. The molecule has 0 aromatic carbocycles. The van der Waals surface area contributed by atoms with Crippen molar-refractivity contribution in [2.75, 3.05) is 19.8 Å². The second-order valence-corrected chi connectivity index (χ2v) is 16.7. The molecule has 0 fully saturated rings. The molecule has 3 atom stereocenters. The number of ether oxygens (including phenoxy) is 2. The minimum absolute atomic E-state index is 0.169. The smallest absolute Gasteiger partial charge is 0.472 e. The summed E-state index contributed by atoms with van der Waals surface area (Å²) >= 11 is 0. The van der Waals surface area contributed by atoms with Crippen LogP contribution < -0.4 is 5.73 Å². The SMILES string of the molecule is CCCCCCCCCCCCCCCCCCCCCCCC(=O)O[C@@H](COC(=O)CCCCCCCCCCC)COP(=O)(O)OC[C@H](N)C(=O)O. The number of aliphatic carboxylic acids is 1. The van der Waals surface area contributed by atoms with Gasteiger partial charge in [0.25, 0.3) is 0 Å². The Morgan fingerprint density at radius 1 is 0.500 bits per heavy atom. The van der Waals surface area contributed by atoms with Crippen LogP contribution >= 0.6 is 7.82 Å². The number of carbonyl (C=O) groups is 3. The molecule has 54 heavy (non-hydrogen) atoms. The highest BCUT2D eigenvalue weighted by Crippen LogP contribution is 2.43. The number of rotatable bonds is 42. The van der Waals surface area contributed by atoms with Crippen molar-refractivity contribution in [1.29, 1.82) is 0 Å². The number of carboxylic acids is 1. The Bertz CT molecular complexity index is 937. The van der Waals surface area contributed by atoms with Gasteiger partial charge in [-0.3, -0.25) is 23.4 Å². The highest BCUT2D eigenvalue weighted by molar-refractivity contribution is 7.47. The fraction of sp³-hybridized carbons (Fsp3) is 0.929. The van der Waals surface area contributed by atoms with Gasteiger partial charge >= 0.3 is 25.7 Å². The van der Waals surface area contributed by atoms with Gasteiger partial charge in [0.1, 0.15) is 12.6 Å². The number of esters is 2. The number of phosphoric acid groups is 1. The van der Waals surface area contributed by atoms with Crippen LogP contribution in [0, 0.1) is 0 Å². The van der Waals surface area contributed by atoms with Gasteiger partial charge in [-0.25, -0.2) is 4.57 Å². The molecule has 0 aromatic rings. The van der Waals surface area contributed by atoms with Crippen LogP contribution in [0.5, 0.6) is 0 Å². The minimum atomic E-state index is -4.70. The van der Waals surface area contributed by atoms with E-state index in [1.807, 2.05) is 0 Å². The number of hydrogen-bond donors (Lipinski definition) is 3. The first-order chi connectivity index (χ1) is 26.1. The summed E-state index contributed by atoms with van der Waals surface area (Å²) in [6, 6.07) is -1.52. The molecule has 0 aliphatic heterocycles. The van der Waals surface area contributed by atoms with Crippen molar-refractivity contribution in [3.63, 3.8) is 0 Å². The number of carboxylic acid groups (broad SMARTS) is 1. The molecule has 1 unspecified atom stereocenters. The maximum absolute atomic E-state index is 12.6. The predicted molar refractivity (Wildman–Crippen MR) is 217 cm³/mol. The third-order valence-electron chi connectivity index (χ3n) is 9.86. The molecule has 0 amide bonds. The van der Waals surface area contributed by atoms with E-state index in [1.54, 1.807) is 0 Å². The summed E-state index contributed by atoms with van der Waals surface area (Å²) in [5.41, 5.74) is 5.32. The van der Waals surface area contributed by atoms with Gasteiger partial charge in [0, 0.05) is 12.8 Å². The Hall–Kier alpha value is -1.52. The normalized spacial score (nSPS) is 13.7. The molecule has 0 saturated heterocycles. The first kappa shape index (κ1) is 52.5. The average Bonchev–Trinajstić information content (AvgIpc) is 3.14. The van der Waals surface area contributed by atoms with Crippen molar-refractivity contribution in [1.82, 2.24) is 0 Å². The number of carbonyl (C=O) groups excluding carboxylic acids is 2. The van der Waals surface area contributed by atoms with E-state index in [0.717, 1.165) is 38.5 Å². The fourth-order valence-electron chi connectivity index (χ4n) is 6.36. The predicted octanol–water partition coefficient (Wildman–Crippen LogP) is 11.5. The highest BCUT2D eigenvalue weighted by Gasteiger charge is 2.28. The zero-order chi connectivity index (χ0) is 40.0. The number of phosphoric ester groups is 1. The van der Waals surface area contributed by atoms with Crippen molar-refractivity contribution in [3.05, 3.63) is 0 Å². The molecule has 0 aromatic heterocycles. The summed E-state index contributed by atoms with van der Waals surface area (Å²) < 4.78 is 32.6. The van der Waals surface area contributed by atoms with Crippen molar-refractivity contribution < 1.29 is 47.5 Å². The summed E-state index contributed by atoms with van der Waals surface area (Å²) in [5.74, 6) is -2.36. The van der Waals surface area contributed by atoms with E-state index in [0.29, 0.717) is 12.8 Å². The Morgan fingerprint density at radius 2 is 0.815 bits per heavy atom. The topological polar surface area (TPSA) is 172 Å². The zero-order valence-corrected chi connectivity index (χ0v) is 35.5. The molecule has 11 nitrogen and oxygen atoms in total. The van der Waals surface area contributed by atoms with Gasteiger partial charge < -0.3 is 25.2 Å². The van der Waals surface area contributed by atoms with Crippen molar-refractivity contribution >= 4 is 25.7 Å². The molecule has 0 rings (SSSR count). The van der Waals surface area contributed by atoms with E-state index in [1.165, 1.54) is 141 Å². The van der Waals surface area contributed by atoms with E-state index >= 15 is 0 Å². The zero-order valence-electron chi connectivity index (χ0n) is 34.6. The summed E-state index contributed by atoms with van der Waals surface area (Å²) in [4.78, 5) is 45.8. The lowest BCUT2D eigenvalue weighted by Gasteiger charge is -2.20. The molecule has 320 valence electrons. The van der Waals surface area contributed by atoms with Crippen LogP contribution in [0.15, 0.2) is 0 Å². The van der Waals surface area contributed by atoms with E-state index in [4.69, 9.17) is 24.8 Å². The van der Waals surface area contributed by atoms with Gasteiger partial charge in [0.05, 0.1) is 13.2 Å². The van der Waals surface area contributed by atoms with E-state index < -0.39 is 51.1 Å². The molecule has 0 aliphatic carbocycles. The monoisotopic (exact) mass is 792 g/mol. The molecule has 0 bridgehead atoms. The molecule has 12 heteroatoms. The molecule has 0 heterocycles. The van der Waals surface area contributed by atoms with Gasteiger partial charge in [-0.1, -0.05) is 194 Å². The van der Waals surface area contributed by atoms with Crippen LogP contribution in [0.2, 0.25) is 0 Å². The Balaban J connectivity index is 4.19. The quantitative estimate of drug-likeness (QED) is 0.0305. The maximum Gasteiger partial charge on any atom is 0.472 e. The van der Waals surface area contributed by atoms with Crippen LogP contribution in [0.1, 0.15) is 219 Å². The van der Waals surface area contributed by atoms with Crippen LogP contribution in [-0.4, -0.2) is 59.9 Å². The number of hydrogen-bond acceptors (Lipinski definition) is 9. The maximum atomic E-state index is 12.6. The van der Waals surface area contributed by atoms with Crippen LogP contribution in [0.4, 0.5) is 0 Å². The number of nitrogens with two attached hydrogens (primary N) is 1. The standard InChI is InChI=1S/C42H82NO10P/c1-3-5-7-9-11-13-14-15-16-17-18-19-20-21-22-23-24-26-28-30-32-34-41(45)53-38(36-51-54(48,49)52-37-39(43)42(46)47)35-50-40(44)33-31-29-27-25-12-10-8-6-4-2/h38-39H,3-37,43H2,1-2H3,(H,46,47)(H,48,49)/t38-,39-/m0/s1. The van der Waals surface area contributed by atoms with Gasteiger partial charge in [-0.05, 0) is 12.8 Å². The molecule has 0 radical (unpaired) electrons. The molecular formula is C42H82NO10P. The van der Waals surface area contributed by atoms with Crippen molar-refractivity contribution in [3.8, 4) is 0 Å². The van der Waals surface area contributed by atoms with Gasteiger partial charge in [-0.15, -0.1) is 0 Å². The lowest BCUT2D eigenvalue weighted by atomic mass is 10.0. The van der Waals surface area contributed by atoms with Crippen molar-refractivity contribution in [2.24, 2.45) is 5.73 Å². The Kier molecular flexibility index (Phi) is 37.3. The summed E-state index contributed by atoms with van der Waals surface area (Å²) in [7, 11) is -4.70. The lowest BCUT2D eigenvalue weighted by molar-refractivity contribution is -0.161. The van der Waals surface area contributed by atoms with Crippen molar-refractivity contribution in [2.45, 2.75) is 231 Å². The van der Waals surface area contributed by atoms with E-state index in [9.17, 15) is 23.8 Å². The first-order valence-corrected chi connectivity index (χ1v) is 23.6. The van der Waals surface area contributed by atoms with E-state index in [2.05, 4.69) is 18.4 Å². The molecule has 0 aliphatic rings. The second-order valence-electron chi connectivity index (χ2n) is 15.2. The lowest BCUT2D eigenvalue weighted by Crippen LogP contribution is -2.34. The van der Waals surface area contributed by atoms with Crippen LogP contribution in [0.25, 0.3) is 0 Å². The third-order valence-corrected chi connectivity index (χ3v) is 10.8. The summed E-state index contributed by atoms with van der Waals surface area (Å²) in [6.45, 7) is 2.80. The molecule has 0 saturated carbocycles. The fourth-order valence-corrected chi connectivity index (χ4v) is 7.14. The van der Waals surface area contributed by atoms with Crippen LogP contribution in [-0.2, 0) is 37.5 Å². The number of unbranched alkanes of at least 4 members (excludes halogenated alkanes) is 28. The highest BCUT2D eigenvalue weighted by atomic mass is 31.2. The average molecular weight is 792 g/mol. The third kappa shape index (κ3) is 37.4. The summed E-state index contributed by atoms with van der Waals surface area (Å²) in [6.07, 6.45) is 36.1.